The summed E-state index contributed by atoms with van der Waals surface area (Å²) in [5.74, 6) is -0.539. The Bertz CT molecular complexity index is 1330. The van der Waals surface area contributed by atoms with Gasteiger partial charge in [-0.2, -0.15) is 0 Å². The Balaban J connectivity index is 1.71. The second-order valence-electron chi connectivity index (χ2n) is 7.39. The second kappa shape index (κ2) is 8.24. The zero-order valence-corrected chi connectivity index (χ0v) is 17.8. The van der Waals surface area contributed by atoms with E-state index in [4.69, 9.17) is 11.6 Å². The summed E-state index contributed by atoms with van der Waals surface area (Å²) in [4.78, 5) is 39.5. The average Bonchev–Trinajstić information content (AvgIpc) is 2.77. The fourth-order valence-electron chi connectivity index (χ4n) is 3.60. The molecule has 0 aliphatic heterocycles. The zero-order chi connectivity index (χ0) is 22.1. The molecule has 0 spiro atoms. The van der Waals surface area contributed by atoms with Crippen LogP contribution in [-0.2, 0) is 11.3 Å². The van der Waals surface area contributed by atoms with E-state index in [1.807, 2.05) is 28.8 Å². The molecule has 4 aromatic rings. The van der Waals surface area contributed by atoms with E-state index in [1.165, 1.54) is 4.90 Å². The number of nitrogens with zero attached hydrogens (tertiary/aromatic N) is 2. The molecule has 1 N–H and O–H groups in total. The number of hydrogen-bond acceptors (Lipinski definition) is 3. The van der Waals surface area contributed by atoms with Crippen LogP contribution in [-0.4, -0.2) is 35.4 Å². The van der Waals surface area contributed by atoms with Crippen LogP contribution in [0.3, 0.4) is 0 Å². The molecule has 31 heavy (non-hydrogen) atoms. The molecule has 0 atom stereocenters. The van der Waals surface area contributed by atoms with E-state index in [1.54, 1.807) is 56.6 Å². The number of rotatable bonds is 4. The Morgan fingerprint density at radius 2 is 1.52 bits per heavy atom. The molecule has 0 bridgehead atoms. The topological polar surface area (TPSA) is 71.4 Å². The lowest BCUT2D eigenvalue weighted by Gasteiger charge is -2.16. The highest BCUT2D eigenvalue weighted by atomic mass is 35.5. The molecular weight excluding hydrogens is 414 g/mol. The van der Waals surface area contributed by atoms with E-state index in [2.05, 4.69) is 5.32 Å². The van der Waals surface area contributed by atoms with Crippen molar-refractivity contribution < 1.29 is 9.59 Å². The van der Waals surface area contributed by atoms with Gasteiger partial charge < -0.3 is 14.8 Å². The lowest BCUT2D eigenvalue weighted by atomic mass is 10.1. The van der Waals surface area contributed by atoms with Crippen molar-refractivity contribution in [1.82, 2.24) is 9.47 Å². The number of carbonyl (C=O) groups is 2. The Hall–Kier alpha value is -3.64. The summed E-state index contributed by atoms with van der Waals surface area (Å²) < 4.78 is 1.82. The first-order valence-electron chi connectivity index (χ1n) is 9.68. The van der Waals surface area contributed by atoms with E-state index < -0.39 is 0 Å². The first-order valence-corrected chi connectivity index (χ1v) is 10.1. The van der Waals surface area contributed by atoms with Crippen LogP contribution in [0, 0.1) is 0 Å². The van der Waals surface area contributed by atoms with Gasteiger partial charge in [-0.15, -0.1) is 0 Å². The molecule has 0 aliphatic carbocycles. The number of para-hydroxylation sites is 2. The van der Waals surface area contributed by atoms with Crippen LogP contribution in [0.5, 0.6) is 0 Å². The Morgan fingerprint density at radius 3 is 2.10 bits per heavy atom. The van der Waals surface area contributed by atoms with Crippen LogP contribution in [0.4, 0.5) is 5.69 Å². The maximum Gasteiger partial charge on any atom is 0.254 e. The highest BCUT2D eigenvalue weighted by Gasteiger charge is 2.16. The van der Waals surface area contributed by atoms with E-state index in [9.17, 15) is 14.4 Å². The summed E-state index contributed by atoms with van der Waals surface area (Å²) in [6.45, 7) is 0.000886. The van der Waals surface area contributed by atoms with Crippen molar-refractivity contribution in [3.05, 3.63) is 87.5 Å². The van der Waals surface area contributed by atoms with Crippen LogP contribution < -0.4 is 10.7 Å². The van der Waals surface area contributed by atoms with Gasteiger partial charge in [0.25, 0.3) is 5.91 Å². The lowest BCUT2D eigenvalue weighted by Crippen LogP contribution is -2.23. The third kappa shape index (κ3) is 3.90. The standard InChI is InChI=1S/C24H20ClN3O3/c1-27(2)24(31)18-13-15(11-12-19(18)25)26-22(29)14-28-20-9-5-3-7-16(20)23(30)17-8-4-6-10-21(17)28/h3-13H,14H2,1-2H3,(H,26,29). The minimum atomic E-state index is -0.287. The number of aromatic nitrogens is 1. The summed E-state index contributed by atoms with van der Waals surface area (Å²) in [5, 5.41) is 4.25. The van der Waals surface area contributed by atoms with Crippen LogP contribution in [0.2, 0.25) is 5.02 Å². The van der Waals surface area contributed by atoms with E-state index in [-0.39, 0.29) is 23.8 Å². The van der Waals surface area contributed by atoms with E-state index in [0.29, 0.717) is 38.1 Å². The van der Waals surface area contributed by atoms with Gasteiger partial charge in [0.2, 0.25) is 5.91 Å². The lowest BCUT2D eigenvalue weighted by molar-refractivity contribution is -0.116. The summed E-state index contributed by atoms with van der Waals surface area (Å²) >= 11 is 6.15. The average molecular weight is 434 g/mol. The summed E-state index contributed by atoms with van der Waals surface area (Å²) in [5.41, 5.74) is 2.08. The smallest absolute Gasteiger partial charge is 0.254 e. The Labute approximate surface area is 183 Å². The normalized spacial score (nSPS) is 10.9. The molecule has 6 nitrogen and oxygen atoms in total. The van der Waals surface area contributed by atoms with Crippen molar-refractivity contribution in [1.29, 1.82) is 0 Å². The SMILES string of the molecule is CN(C)C(=O)c1cc(NC(=O)Cn2c3ccccc3c(=O)c3ccccc32)ccc1Cl. The van der Waals surface area contributed by atoms with Crippen molar-refractivity contribution >= 4 is 50.9 Å². The number of fused-ring (bicyclic) bond motifs is 2. The predicted molar refractivity (Wildman–Crippen MR) is 124 cm³/mol. The van der Waals surface area contributed by atoms with Crippen molar-refractivity contribution in [2.45, 2.75) is 6.54 Å². The molecule has 1 heterocycles. The molecule has 1 aromatic heterocycles. The second-order valence-corrected chi connectivity index (χ2v) is 7.80. The molecule has 0 unspecified atom stereocenters. The fraction of sp³-hybridized carbons (Fsp3) is 0.125. The minimum absolute atomic E-state index is 0.000886. The number of hydrogen-bond donors (Lipinski definition) is 1. The molecule has 4 rings (SSSR count). The van der Waals surface area contributed by atoms with Gasteiger partial charge in [0.1, 0.15) is 6.54 Å². The van der Waals surface area contributed by atoms with Gasteiger partial charge in [-0.25, -0.2) is 0 Å². The predicted octanol–water partition coefficient (Wildman–Crippen LogP) is 4.15. The molecule has 156 valence electrons. The van der Waals surface area contributed by atoms with Crippen LogP contribution in [0.1, 0.15) is 10.4 Å². The van der Waals surface area contributed by atoms with Gasteiger partial charge in [-0.3, -0.25) is 14.4 Å². The molecule has 0 fully saturated rings. The zero-order valence-electron chi connectivity index (χ0n) is 17.1. The first kappa shape index (κ1) is 20.6. The third-order valence-electron chi connectivity index (χ3n) is 5.07. The molecule has 0 saturated carbocycles. The number of amides is 2. The molecular formula is C24H20ClN3O3. The highest BCUT2D eigenvalue weighted by molar-refractivity contribution is 6.34. The molecule has 0 saturated heterocycles. The van der Waals surface area contributed by atoms with E-state index in [0.717, 1.165) is 0 Å². The van der Waals surface area contributed by atoms with Gasteiger partial charge in [-0.05, 0) is 42.5 Å². The number of benzene rings is 3. The van der Waals surface area contributed by atoms with Crippen LogP contribution >= 0.6 is 11.6 Å². The number of carbonyl (C=O) groups excluding carboxylic acids is 2. The van der Waals surface area contributed by atoms with Crippen LogP contribution in [0.15, 0.2) is 71.5 Å². The van der Waals surface area contributed by atoms with Crippen molar-refractivity contribution in [2.24, 2.45) is 0 Å². The van der Waals surface area contributed by atoms with E-state index >= 15 is 0 Å². The maximum atomic E-state index is 12.9. The van der Waals surface area contributed by atoms with Crippen LogP contribution in [0.25, 0.3) is 21.8 Å². The number of halogens is 1. The molecule has 3 aromatic carbocycles. The largest absolute Gasteiger partial charge is 0.345 e. The van der Waals surface area contributed by atoms with Gasteiger partial charge >= 0.3 is 0 Å². The minimum Gasteiger partial charge on any atom is -0.345 e. The molecule has 0 radical (unpaired) electrons. The van der Waals surface area contributed by atoms with Crippen molar-refractivity contribution in [3.63, 3.8) is 0 Å². The highest BCUT2D eigenvalue weighted by Crippen LogP contribution is 2.23. The van der Waals surface area contributed by atoms with Gasteiger partial charge in [0.15, 0.2) is 5.43 Å². The van der Waals surface area contributed by atoms with Gasteiger partial charge in [0, 0.05) is 30.6 Å². The van der Waals surface area contributed by atoms with Crippen molar-refractivity contribution in [2.75, 3.05) is 19.4 Å². The monoisotopic (exact) mass is 433 g/mol. The molecule has 2 amide bonds. The molecule has 7 heteroatoms. The summed E-state index contributed by atoms with van der Waals surface area (Å²) in [6.07, 6.45) is 0. The van der Waals surface area contributed by atoms with Gasteiger partial charge in [-0.1, -0.05) is 35.9 Å². The maximum absolute atomic E-state index is 12.9. The molecule has 0 aliphatic rings. The Kier molecular flexibility index (Phi) is 5.48. The quantitative estimate of drug-likeness (QED) is 0.491. The Morgan fingerprint density at radius 1 is 0.935 bits per heavy atom. The first-order chi connectivity index (χ1) is 14.9. The van der Waals surface area contributed by atoms with Crippen molar-refractivity contribution in [3.8, 4) is 0 Å². The summed E-state index contributed by atoms with van der Waals surface area (Å²) in [7, 11) is 3.27. The number of nitrogens with one attached hydrogen (secondary N) is 1. The summed E-state index contributed by atoms with van der Waals surface area (Å²) in [6, 6.07) is 19.2. The number of anilines is 1. The van der Waals surface area contributed by atoms with Gasteiger partial charge in [0.05, 0.1) is 21.6 Å². The fourth-order valence-corrected chi connectivity index (χ4v) is 3.80. The third-order valence-corrected chi connectivity index (χ3v) is 5.40. The number of pyridine rings is 1.